The maximum atomic E-state index is 12.3. The zero-order chi connectivity index (χ0) is 17.4. The molecular formula is C16H24N2O3S2. The largest absolute Gasteiger partial charge is 0.465 e. The summed E-state index contributed by atoms with van der Waals surface area (Å²) in [7, 11) is 0. The molecular weight excluding hydrogens is 332 g/mol. The molecule has 0 aromatic carbocycles. The Balaban J connectivity index is 2.45. The summed E-state index contributed by atoms with van der Waals surface area (Å²) in [5, 5.41) is 0. The predicted molar refractivity (Wildman–Crippen MR) is 94.7 cm³/mol. The molecule has 0 fully saturated rings. The van der Waals surface area contributed by atoms with Gasteiger partial charge >= 0.3 is 5.97 Å². The number of carbonyl (C=O) groups excluding carboxylic acids is 2. The van der Waals surface area contributed by atoms with Crippen molar-refractivity contribution in [2.45, 2.75) is 53.0 Å². The third kappa shape index (κ3) is 5.99. The van der Waals surface area contributed by atoms with E-state index in [-0.39, 0.29) is 17.8 Å². The number of hydrogen-bond acceptors (Lipinski definition) is 5. The maximum Gasteiger partial charge on any atom is 0.308 e. The number of rotatable bonds is 8. The molecule has 0 radical (unpaired) electrons. The van der Waals surface area contributed by atoms with Crippen LogP contribution in [0.1, 0.15) is 51.2 Å². The van der Waals surface area contributed by atoms with E-state index >= 15 is 0 Å². The molecule has 0 aliphatic carbocycles. The summed E-state index contributed by atoms with van der Waals surface area (Å²) in [6, 6.07) is 1.72. The Morgan fingerprint density at radius 2 is 1.91 bits per heavy atom. The Bertz CT molecular complexity index is 662. The molecule has 0 bridgehead atoms. The lowest BCUT2D eigenvalue weighted by Crippen LogP contribution is -2.17. The van der Waals surface area contributed by atoms with Crippen molar-refractivity contribution in [1.29, 1.82) is 0 Å². The Labute approximate surface area is 147 Å². The van der Waals surface area contributed by atoms with Crippen molar-refractivity contribution in [3.05, 3.63) is 21.7 Å². The highest BCUT2D eigenvalue weighted by molar-refractivity contribution is 7.72. The number of ether oxygens (including phenoxy) is 1. The summed E-state index contributed by atoms with van der Waals surface area (Å²) in [4.78, 5) is 23.6. The highest BCUT2D eigenvalue weighted by Gasteiger charge is 2.09. The van der Waals surface area contributed by atoms with Gasteiger partial charge in [-0.05, 0) is 44.5 Å². The van der Waals surface area contributed by atoms with Gasteiger partial charge in [-0.25, -0.2) is 4.57 Å². The van der Waals surface area contributed by atoms with E-state index in [1.54, 1.807) is 26.1 Å². The molecule has 5 nitrogen and oxygen atoms in total. The summed E-state index contributed by atoms with van der Waals surface area (Å²) < 4.78 is 9.22. The minimum absolute atomic E-state index is 0.0815. The Kier molecular flexibility index (Phi) is 8.33. The molecule has 0 atom stereocenters. The molecule has 1 rings (SSSR count). The Hall–Kier alpha value is -1.34. The molecule has 0 spiro atoms. The lowest BCUT2D eigenvalue weighted by molar-refractivity contribution is -0.147. The lowest BCUT2D eigenvalue weighted by atomic mass is 10.2. The van der Waals surface area contributed by atoms with E-state index < -0.39 is 0 Å². The van der Waals surface area contributed by atoms with Gasteiger partial charge < -0.3 is 9.30 Å². The normalized spacial score (nSPS) is 10.8. The average Bonchev–Trinajstić information content (AvgIpc) is 2.50. The highest BCUT2D eigenvalue weighted by atomic mass is 32.1. The van der Waals surface area contributed by atoms with E-state index in [1.165, 1.54) is 4.57 Å². The van der Waals surface area contributed by atoms with Crippen LogP contribution >= 0.6 is 24.4 Å². The third-order valence-corrected chi connectivity index (χ3v) is 4.13. The number of carbonyl (C=O) groups is 2. The molecule has 0 unspecified atom stereocenters. The quantitative estimate of drug-likeness (QED) is 0.397. The van der Waals surface area contributed by atoms with Crippen LogP contribution < -0.4 is 0 Å². The third-order valence-electron chi connectivity index (χ3n) is 3.40. The van der Waals surface area contributed by atoms with Crippen LogP contribution in [0.15, 0.2) is 12.3 Å². The van der Waals surface area contributed by atoms with Crippen molar-refractivity contribution in [2.24, 2.45) is 5.92 Å². The first kappa shape index (κ1) is 19.7. The Morgan fingerprint density at radius 3 is 2.52 bits per heavy atom. The predicted octanol–water partition coefficient (Wildman–Crippen LogP) is 4.17. The molecule has 0 aliphatic rings. The van der Waals surface area contributed by atoms with Gasteiger partial charge in [0.15, 0.2) is 4.77 Å². The second kappa shape index (κ2) is 9.72. The van der Waals surface area contributed by atoms with E-state index in [1.807, 2.05) is 11.5 Å². The topological polar surface area (TPSA) is 53.2 Å². The number of unbranched alkanes of at least 4 members (excludes halogenated alkanes) is 2. The first-order valence-electron chi connectivity index (χ1n) is 7.90. The van der Waals surface area contributed by atoms with Gasteiger partial charge in [-0.1, -0.05) is 26.1 Å². The fourth-order valence-electron chi connectivity index (χ4n) is 1.99. The van der Waals surface area contributed by atoms with Crippen molar-refractivity contribution in [1.82, 2.24) is 9.13 Å². The second-order valence-electron chi connectivity index (χ2n) is 5.58. The molecule has 0 saturated heterocycles. The van der Waals surface area contributed by atoms with Gasteiger partial charge in [-0.3, -0.25) is 9.59 Å². The first-order chi connectivity index (χ1) is 10.9. The van der Waals surface area contributed by atoms with Gasteiger partial charge in [0.25, 0.3) is 0 Å². The van der Waals surface area contributed by atoms with Crippen LogP contribution in [0.2, 0.25) is 0 Å². The van der Waals surface area contributed by atoms with E-state index in [9.17, 15) is 9.59 Å². The van der Waals surface area contributed by atoms with E-state index in [0.717, 1.165) is 19.3 Å². The fourth-order valence-corrected chi connectivity index (χ4v) is 2.69. The molecule has 0 N–H and O–H groups in total. The summed E-state index contributed by atoms with van der Waals surface area (Å²) in [5.41, 5.74) is 0. The first-order valence-corrected chi connectivity index (χ1v) is 8.72. The number of esters is 1. The molecule has 1 aromatic rings. The standard InChI is InChI=1S/C16H24N2O3S2/c1-4-17-10-9-14(22)18(16(17)23)13(19)8-6-5-7-11-21-15(20)12(2)3/h9-10,12H,4-8,11H2,1-3H3. The van der Waals surface area contributed by atoms with Gasteiger partial charge in [0.2, 0.25) is 5.91 Å². The van der Waals surface area contributed by atoms with Crippen molar-refractivity contribution in [2.75, 3.05) is 6.61 Å². The number of aromatic nitrogens is 2. The van der Waals surface area contributed by atoms with Crippen LogP contribution in [0.5, 0.6) is 0 Å². The van der Waals surface area contributed by atoms with E-state index in [0.29, 0.717) is 29.0 Å². The van der Waals surface area contributed by atoms with Gasteiger partial charge in [-0.15, -0.1) is 0 Å². The molecule has 7 heteroatoms. The van der Waals surface area contributed by atoms with Crippen LogP contribution in [0.25, 0.3) is 0 Å². The molecule has 0 aliphatic heterocycles. The molecule has 0 saturated carbocycles. The highest BCUT2D eigenvalue weighted by Crippen LogP contribution is 2.07. The molecule has 23 heavy (non-hydrogen) atoms. The van der Waals surface area contributed by atoms with Crippen molar-refractivity contribution < 1.29 is 14.3 Å². The summed E-state index contributed by atoms with van der Waals surface area (Å²) in [6.45, 7) is 6.67. The van der Waals surface area contributed by atoms with Crippen LogP contribution in [-0.4, -0.2) is 27.6 Å². The van der Waals surface area contributed by atoms with Crippen LogP contribution in [-0.2, 0) is 16.1 Å². The van der Waals surface area contributed by atoms with Crippen LogP contribution in [0.3, 0.4) is 0 Å². The SMILES string of the molecule is CCn1ccc(=S)n(C(=O)CCCCCOC(=O)C(C)C)c1=S. The van der Waals surface area contributed by atoms with Gasteiger partial charge in [0, 0.05) is 19.2 Å². The van der Waals surface area contributed by atoms with Crippen molar-refractivity contribution in [3.8, 4) is 0 Å². The van der Waals surface area contributed by atoms with Gasteiger partial charge in [-0.2, -0.15) is 0 Å². The van der Waals surface area contributed by atoms with Crippen molar-refractivity contribution >= 4 is 36.3 Å². The summed E-state index contributed by atoms with van der Waals surface area (Å²) in [6.07, 6.45) is 4.47. The number of aryl methyl sites for hydroxylation is 1. The minimum atomic E-state index is -0.184. The lowest BCUT2D eigenvalue weighted by Gasteiger charge is -2.10. The van der Waals surface area contributed by atoms with Crippen LogP contribution in [0.4, 0.5) is 0 Å². The van der Waals surface area contributed by atoms with Crippen LogP contribution in [0, 0.1) is 15.3 Å². The zero-order valence-corrected chi connectivity index (χ0v) is 15.5. The van der Waals surface area contributed by atoms with E-state index in [4.69, 9.17) is 29.2 Å². The second-order valence-corrected chi connectivity index (χ2v) is 6.37. The summed E-state index contributed by atoms with van der Waals surface area (Å²) in [5.74, 6) is -0.370. The smallest absolute Gasteiger partial charge is 0.308 e. The minimum Gasteiger partial charge on any atom is -0.465 e. The molecule has 0 amide bonds. The number of hydrogen-bond donors (Lipinski definition) is 0. The van der Waals surface area contributed by atoms with Gasteiger partial charge in [0.05, 0.1) is 12.5 Å². The zero-order valence-electron chi connectivity index (χ0n) is 13.9. The number of nitrogens with zero attached hydrogens (tertiary/aromatic N) is 2. The summed E-state index contributed by atoms with van der Waals surface area (Å²) >= 11 is 10.5. The maximum absolute atomic E-state index is 12.3. The Morgan fingerprint density at radius 1 is 1.22 bits per heavy atom. The van der Waals surface area contributed by atoms with E-state index in [2.05, 4.69) is 0 Å². The van der Waals surface area contributed by atoms with Gasteiger partial charge in [0.1, 0.15) is 4.64 Å². The average molecular weight is 357 g/mol. The fraction of sp³-hybridized carbons (Fsp3) is 0.625. The monoisotopic (exact) mass is 356 g/mol. The van der Waals surface area contributed by atoms with Crippen molar-refractivity contribution in [3.63, 3.8) is 0 Å². The molecule has 1 aromatic heterocycles. The molecule has 128 valence electrons. The molecule has 1 heterocycles.